The van der Waals surface area contributed by atoms with Crippen LogP contribution in [0.2, 0.25) is 0 Å². The van der Waals surface area contributed by atoms with Crippen molar-refractivity contribution in [1.82, 2.24) is 10.2 Å². The zero-order valence-electron chi connectivity index (χ0n) is 13.8. The molecule has 10 heteroatoms. The number of nitrogens with one attached hydrogen (secondary N) is 2. The number of fused-ring (bicyclic) bond motifs is 1. The Morgan fingerprint density at radius 1 is 1.36 bits per heavy atom. The van der Waals surface area contributed by atoms with Gasteiger partial charge in [-0.3, -0.25) is 9.52 Å². The van der Waals surface area contributed by atoms with Crippen molar-refractivity contribution in [2.45, 2.75) is 44.1 Å². The fraction of sp³-hybridized carbons (Fsp3) is 0.400. The van der Waals surface area contributed by atoms with Crippen LogP contribution in [-0.2, 0) is 14.8 Å². The first-order chi connectivity index (χ1) is 11.9. The number of rotatable bonds is 6. The summed E-state index contributed by atoms with van der Waals surface area (Å²) in [5.74, 6) is 0.203. The van der Waals surface area contributed by atoms with E-state index in [0.29, 0.717) is 22.9 Å². The van der Waals surface area contributed by atoms with Gasteiger partial charge in [-0.05, 0) is 38.0 Å². The van der Waals surface area contributed by atoms with Crippen molar-refractivity contribution in [3.8, 4) is 5.75 Å². The highest BCUT2D eigenvalue weighted by molar-refractivity contribution is 7.93. The lowest BCUT2D eigenvalue weighted by molar-refractivity contribution is -0.123. The number of anilines is 2. The van der Waals surface area contributed by atoms with Crippen LogP contribution in [-0.4, -0.2) is 30.6 Å². The van der Waals surface area contributed by atoms with Crippen molar-refractivity contribution in [3.63, 3.8) is 0 Å². The number of amides is 1. The second kappa shape index (κ2) is 6.96. The summed E-state index contributed by atoms with van der Waals surface area (Å²) in [7, 11) is -3.83. The van der Waals surface area contributed by atoms with E-state index in [2.05, 4.69) is 20.2 Å². The Kier molecular flexibility index (Phi) is 4.91. The largest absolute Gasteiger partial charge is 0.478 e. The van der Waals surface area contributed by atoms with Crippen LogP contribution in [0.4, 0.5) is 10.8 Å². The van der Waals surface area contributed by atoms with Gasteiger partial charge < -0.3 is 10.1 Å². The molecule has 0 aliphatic carbocycles. The fourth-order valence-electron chi connectivity index (χ4n) is 2.39. The minimum atomic E-state index is -3.83. The Bertz CT molecular complexity index is 895. The minimum Gasteiger partial charge on any atom is -0.478 e. The highest BCUT2D eigenvalue weighted by Crippen LogP contribution is 2.33. The summed E-state index contributed by atoms with van der Waals surface area (Å²) in [4.78, 5) is 12.1. The molecule has 2 heterocycles. The first-order valence-electron chi connectivity index (χ1n) is 7.83. The van der Waals surface area contributed by atoms with Gasteiger partial charge in [0.25, 0.3) is 15.9 Å². The summed E-state index contributed by atoms with van der Waals surface area (Å²) < 4.78 is 33.0. The summed E-state index contributed by atoms with van der Waals surface area (Å²) in [6.45, 7) is 3.77. The quantitative estimate of drug-likeness (QED) is 0.794. The molecule has 0 bridgehead atoms. The van der Waals surface area contributed by atoms with E-state index in [1.165, 1.54) is 12.1 Å². The van der Waals surface area contributed by atoms with Gasteiger partial charge in [0.15, 0.2) is 6.10 Å². The predicted octanol–water partition coefficient (Wildman–Crippen LogP) is 2.54. The molecule has 0 saturated carbocycles. The number of benzene rings is 1. The predicted molar refractivity (Wildman–Crippen MR) is 94.5 cm³/mol. The Morgan fingerprint density at radius 3 is 2.84 bits per heavy atom. The topological polar surface area (TPSA) is 110 Å². The molecule has 0 spiro atoms. The number of hydrogen-bond acceptors (Lipinski definition) is 7. The Labute approximate surface area is 149 Å². The summed E-state index contributed by atoms with van der Waals surface area (Å²) in [5, 5.41) is 11.1. The summed E-state index contributed by atoms with van der Waals surface area (Å²) in [6.07, 6.45) is 1.93. The van der Waals surface area contributed by atoms with Gasteiger partial charge in [-0.15, -0.1) is 10.2 Å². The molecule has 0 fully saturated rings. The van der Waals surface area contributed by atoms with Crippen molar-refractivity contribution >= 4 is 38.1 Å². The van der Waals surface area contributed by atoms with E-state index in [-0.39, 0.29) is 15.9 Å². The maximum Gasteiger partial charge on any atom is 0.265 e. The second-order valence-electron chi connectivity index (χ2n) is 5.63. The molecule has 2 N–H and O–H groups in total. The van der Waals surface area contributed by atoms with Gasteiger partial charge in [0.1, 0.15) is 10.8 Å². The Hall–Kier alpha value is -2.20. The van der Waals surface area contributed by atoms with Crippen LogP contribution >= 0.6 is 11.3 Å². The first-order valence-corrected chi connectivity index (χ1v) is 10.1. The normalized spacial score (nSPS) is 16.7. The second-order valence-corrected chi connectivity index (χ2v) is 8.49. The van der Waals surface area contributed by atoms with Crippen molar-refractivity contribution in [3.05, 3.63) is 23.2 Å². The summed E-state index contributed by atoms with van der Waals surface area (Å²) in [5.41, 5.74) is 0.342. The van der Waals surface area contributed by atoms with E-state index in [1.807, 2.05) is 6.92 Å². The van der Waals surface area contributed by atoms with Gasteiger partial charge in [0.2, 0.25) is 5.13 Å². The van der Waals surface area contributed by atoms with Gasteiger partial charge in [0.05, 0.1) is 10.6 Å². The zero-order valence-corrected chi connectivity index (χ0v) is 15.4. The molecule has 134 valence electrons. The smallest absolute Gasteiger partial charge is 0.265 e. The van der Waals surface area contributed by atoms with Gasteiger partial charge in [-0.25, -0.2) is 8.42 Å². The van der Waals surface area contributed by atoms with Gasteiger partial charge in [0, 0.05) is 0 Å². The number of sulfonamides is 1. The Balaban J connectivity index is 1.82. The molecular formula is C15H18N4O4S2. The average molecular weight is 382 g/mol. The van der Waals surface area contributed by atoms with E-state index in [1.54, 1.807) is 13.0 Å². The molecule has 1 aliphatic heterocycles. The molecule has 1 atom stereocenters. The van der Waals surface area contributed by atoms with Crippen LogP contribution in [0.5, 0.6) is 5.75 Å². The fourth-order valence-corrected chi connectivity index (χ4v) is 4.24. The zero-order chi connectivity index (χ0) is 18.0. The monoisotopic (exact) mass is 382 g/mol. The molecular weight excluding hydrogens is 364 g/mol. The molecule has 3 rings (SSSR count). The minimum absolute atomic E-state index is 0.00927. The molecule has 1 amide bonds. The highest BCUT2D eigenvalue weighted by Gasteiger charge is 2.28. The van der Waals surface area contributed by atoms with E-state index in [9.17, 15) is 13.2 Å². The molecule has 1 aromatic carbocycles. The van der Waals surface area contributed by atoms with Crippen molar-refractivity contribution in [1.29, 1.82) is 0 Å². The van der Waals surface area contributed by atoms with Gasteiger partial charge in [-0.1, -0.05) is 24.7 Å². The lowest BCUT2D eigenvalue weighted by Gasteiger charge is -2.26. The number of aryl methyl sites for hydroxylation is 1. The maximum atomic E-state index is 12.5. The van der Waals surface area contributed by atoms with Crippen LogP contribution in [0, 0.1) is 6.92 Å². The van der Waals surface area contributed by atoms with Crippen LogP contribution in [0.1, 0.15) is 31.2 Å². The third kappa shape index (κ3) is 3.90. The lowest BCUT2D eigenvalue weighted by Crippen LogP contribution is -2.37. The third-order valence-electron chi connectivity index (χ3n) is 3.65. The Morgan fingerprint density at radius 2 is 2.16 bits per heavy atom. The molecule has 2 aromatic rings. The molecule has 0 saturated heterocycles. The standard InChI is InChI=1S/C15H18N4O4S2/c1-3-4-5-13-14(20)16-11-8-10(6-7-12(11)23-13)25(21,22)19-15-18-17-9(2)24-15/h6-8,13H,3-5H2,1-2H3,(H,16,20)(H,18,19). The number of hydrogen-bond donors (Lipinski definition) is 2. The lowest BCUT2D eigenvalue weighted by atomic mass is 10.1. The molecule has 8 nitrogen and oxygen atoms in total. The van der Waals surface area contributed by atoms with Crippen molar-refractivity contribution in [2.24, 2.45) is 0 Å². The summed E-state index contributed by atoms with van der Waals surface area (Å²) in [6, 6.07) is 4.36. The van der Waals surface area contributed by atoms with E-state index < -0.39 is 16.1 Å². The number of nitrogens with zero attached hydrogens (tertiary/aromatic N) is 2. The SMILES string of the molecule is CCCCC1Oc2ccc(S(=O)(=O)Nc3nnc(C)s3)cc2NC1=O. The highest BCUT2D eigenvalue weighted by atomic mass is 32.2. The van der Waals surface area contributed by atoms with Crippen LogP contribution in [0.3, 0.4) is 0 Å². The van der Waals surface area contributed by atoms with Crippen LogP contribution in [0.15, 0.2) is 23.1 Å². The van der Waals surface area contributed by atoms with Gasteiger partial charge in [-0.2, -0.15) is 0 Å². The maximum absolute atomic E-state index is 12.5. The van der Waals surface area contributed by atoms with Crippen molar-refractivity contribution in [2.75, 3.05) is 10.0 Å². The molecule has 25 heavy (non-hydrogen) atoms. The van der Waals surface area contributed by atoms with Gasteiger partial charge >= 0.3 is 0 Å². The molecule has 1 unspecified atom stereocenters. The summed E-state index contributed by atoms with van der Waals surface area (Å²) >= 11 is 1.14. The van der Waals surface area contributed by atoms with Crippen LogP contribution < -0.4 is 14.8 Å². The third-order valence-corrected chi connectivity index (χ3v) is 5.87. The van der Waals surface area contributed by atoms with E-state index >= 15 is 0 Å². The van der Waals surface area contributed by atoms with E-state index in [4.69, 9.17) is 4.74 Å². The van der Waals surface area contributed by atoms with Crippen molar-refractivity contribution < 1.29 is 17.9 Å². The molecule has 1 aromatic heterocycles. The average Bonchev–Trinajstić information content (AvgIpc) is 2.96. The first kappa shape index (κ1) is 17.6. The number of carbonyl (C=O) groups excluding carboxylic acids is 1. The van der Waals surface area contributed by atoms with Crippen LogP contribution in [0.25, 0.3) is 0 Å². The van der Waals surface area contributed by atoms with E-state index in [0.717, 1.165) is 24.2 Å². The number of aromatic nitrogens is 2. The molecule has 0 radical (unpaired) electrons. The number of ether oxygens (including phenoxy) is 1. The number of unbranched alkanes of at least 4 members (excludes halogenated alkanes) is 1. The molecule has 1 aliphatic rings. The number of carbonyl (C=O) groups is 1.